The highest BCUT2D eigenvalue weighted by Crippen LogP contribution is 2.33. The third kappa shape index (κ3) is 3.19. The van der Waals surface area contributed by atoms with E-state index in [-0.39, 0.29) is 6.10 Å². The topological polar surface area (TPSA) is 18.5 Å². The average molecular weight is 368 g/mol. The predicted molar refractivity (Wildman–Crippen MR) is 88.9 cm³/mol. The van der Waals surface area contributed by atoms with E-state index in [1.54, 1.807) is 0 Å². The van der Waals surface area contributed by atoms with Crippen molar-refractivity contribution in [3.05, 3.63) is 58.1 Å². The molecule has 0 amide bonds. The van der Waals surface area contributed by atoms with Crippen molar-refractivity contribution in [3.8, 4) is 11.5 Å². The Bertz CT molecular complexity index is 657. The molecule has 1 unspecified atom stereocenters. The number of hydrogen-bond donors (Lipinski definition) is 0. The van der Waals surface area contributed by atoms with Crippen LogP contribution in [0.15, 0.2) is 36.4 Å². The van der Waals surface area contributed by atoms with Crippen molar-refractivity contribution < 1.29 is 9.47 Å². The van der Waals surface area contributed by atoms with E-state index in [4.69, 9.17) is 21.1 Å². The molecule has 0 aromatic heterocycles. The molecule has 1 aliphatic rings. The minimum absolute atomic E-state index is 0.0428. The van der Waals surface area contributed by atoms with Gasteiger partial charge in [-0.2, -0.15) is 0 Å². The van der Waals surface area contributed by atoms with Crippen LogP contribution >= 0.6 is 27.5 Å². The van der Waals surface area contributed by atoms with Gasteiger partial charge < -0.3 is 9.47 Å². The van der Waals surface area contributed by atoms with Crippen LogP contribution in [0.25, 0.3) is 0 Å². The summed E-state index contributed by atoms with van der Waals surface area (Å²) < 4.78 is 11.8. The molecule has 21 heavy (non-hydrogen) atoms. The van der Waals surface area contributed by atoms with Crippen LogP contribution in [0.2, 0.25) is 5.02 Å². The minimum Gasteiger partial charge on any atom is -0.488 e. The first-order chi connectivity index (χ1) is 10.2. The Labute approximate surface area is 138 Å². The van der Waals surface area contributed by atoms with Crippen LogP contribution in [-0.4, -0.2) is 12.7 Å². The summed E-state index contributed by atoms with van der Waals surface area (Å²) in [6.07, 6.45) is 0.923. The molecule has 0 radical (unpaired) electrons. The molecule has 4 heteroatoms. The number of halogens is 2. The van der Waals surface area contributed by atoms with E-state index < -0.39 is 0 Å². The van der Waals surface area contributed by atoms with Crippen LogP contribution in [-0.2, 0) is 11.8 Å². The quantitative estimate of drug-likeness (QED) is 0.714. The fourth-order valence-corrected chi connectivity index (χ4v) is 3.23. The van der Waals surface area contributed by atoms with Crippen molar-refractivity contribution >= 4 is 27.5 Å². The number of benzene rings is 2. The summed E-state index contributed by atoms with van der Waals surface area (Å²) >= 11 is 9.67. The van der Waals surface area contributed by atoms with Crippen molar-refractivity contribution in [2.75, 3.05) is 6.61 Å². The Kier molecular flexibility index (Phi) is 4.41. The summed E-state index contributed by atoms with van der Waals surface area (Å²) in [4.78, 5) is 0. The highest BCUT2D eigenvalue weighted by atomic mass is 79.9. The molecule has 0 saturated carbocycles. The number of para-hydroxylation sites is 1. The highest BCUT2D eigenvalue weighted by Gasteiger charge is 2.24. The van der Waals surface area contributed by atoms with Crippen molar-refractivity contribution in [2.45, 2.75) is 24.8 Å². The van der Waals surface area contributed by atoms with Crippen LogP contribution in [0, 0.1) is 6.92 Å². The number of aryl methyl sites for hydroxylation is 1. The number of ether oxygens (including phenoxy) is 2. The summed E-state index contributed by atoms with van der Waals surface area (Å²) in [6.45, 7) is 2.59. The van der Waals surface area contributed by atoms with Crippen LogP contribution in [0.1, 0.15) is 16.7 Å². The van der Waals surface area contributed by atoms with Gasteiger partial charge in [-0.15, -0.1) is 0 Å². The molecule has 0 fully saturated rings. The smallest absolute Gasteiger partial charge is 0.142 e. The third-order valence-corrected chi connectivity index (χ3v) is 4.47. The van der Waals surface area contributed by atoms with Gasteiger partial charge in [-0.05, 0) is 24.6 Å². The zero-order valence-electron chi connectivity index (χ0n) is 11.7. The average Bonchev–Trinajstić information content (AvgIpc) is 2.87. The fraction of sp³-hybridized carbons (Fsp3) is 0.294. The molecule has 1 heterocycles. The highest BCUT2D eigenvalue weighted by molar-refractivity contribution is 9.08. The molecule has 0 saturated heterocycles. The minimum atomic E-state index is 0.0428. The maximum atomic E-state index is 6.22. The maximum absolute atomic E-state index is 6.22. The van der Waals surface area contributed by atoms with E-state index in [2.05, 4.69) is 35.0 Å². The third-order valence-electron chi connectivity index (χ3n) is 3.56. The van der Waals surface area contributed by atoms with E-state index in [0.717, 1.165) is 23.5 Å². The SMILES string of the molecule is Cc1ccc2c(c1)CC(COc1c(Cl)cccc1CBr)O2. The lowest BCUT2D eigenvalue weighted by molar-refractivity contribution is 0.148. The second kappa shape index (κ2) is 6.29. The van der Waals surface area contributed by atoms with Gasteiger partial charge in [0, 0.05) is 17.3 Å². The zero-order chi connectivity index (χ0) is 14.8. The summed E-state index contributed by atoms with van der Waals surface area (Å²) in [7, 11) is 0. The number of alkyl halides is 1. The van der Waals surface area contributed by atoms with E-state index >= 15 is 0 Å². The second-order valence-corrected chi connectivity index (χ2v) is 6.20. The summed E-state index contributed by atoms with van der Waals surface area (Å²) in [5.74, 6) is 1.71. The summed E-state index contributed by atoms with van der Waals surface area (Å²) in [6, 6.07) is 12.1. The molecular formula is C17H16BrClO2. The fourth-order valence-electron chi connectivity index (χ4n) is 2.54. The Balaban J connectivity index is 1.68. The van der Waals surface area contributed by atoms with Gasteiger partial charge in [0.1, 0.15) is 24.2 Å². The van der Waals surface area contributed by atoms with Crippen LogP contribution in [0.3, 0.4) is 0 Å². The first kappa shape index (κ1) is 14.7. The van der Waals surface area contributed by atoms with Gasteiger partial charge in [-0.25, -0.2) is 0 Å². The summed E-state index contributed by atoms with van der Waals surface area (Å²) in [5.41, 5.74) is 3.56. The van der Waals surface area contributed by atoms with E-state index in [1.807, 2.05) is 24.3 Å². The molecule has 0 aliphatic carbocycles. The molecule has 0 N–H and O–H groups in total. The van der Waals surface area contributed by atoms with Crippen LogP contribution in [0.4, 0.5) is 0 Å². The van der Waals surface area contributed by atoms with E-state index in [9.17, 15) is 0 Å². The lowest BCUT2D eigenvalue weighted by Gasteiger charge is -2.15. The lowest BCUT2D eigenvalue weighted by Crippen LogP contribution is -2.22. The van der Waals surface area contributed by atoms with Gasteiger partial charge in [0.25, 0.3) is 0 Å². The Hall–Kier alpha value is -1.19. The number of hydrogen-bond acceptors (Lipinski definition) is 2. The van der Waals surface area contributed by atoms with Crippen molar-refractivity contribution in [1.82, 2.24) is 0 Å². The number of fused-ring (bicyclic) bond motifs is 1. The first-order valence-corrected chi connectivity index (χ1v) is 8.39. The van der Waals surface area contributed by atoms with E-state index in [1.165, 1.54) is 11.1 Å². The Morgan fingerprint density at radius 3 is 3.00 bits per heavy atom. The molecule has 1 aliphatic heterocycles. The molecule has 2 aromatic rings. The molecule has 3 rings (SSSR count). The molecule has 2 nitrogen and oxygen atoms in total. The maximum Gasteiger partial charge on any atom is 0.142 e. The van der Waals surface area contributed by atoms with E-state index in [0.29, 0.717) is 17.0 Å². The lowest BCUT2D eigenvalue weighted by atomic mass is 10.1. The van der Waals surface area contributed by atoms with Gasteiger partial charge in [0.05, 0.1) is 5.02 Å². The van der Waals surface area contributed by atoms with Gasteiger partial charge in [-0.1, -0.05) is 57.4 Å². The normalized spacial score (nSPS) is 16.4. The summed E-state index contributed by atoms with van der Waals surface area (Å²) in [5, 5.41) is 1.35. The van der Waals surface area contributed by atoms with Crippen molar-refractivity contribution in [2.24, 2.45) is 0 Å². The predicted octanol–water partition coefficient (Wildman–Crippen LogP) is 4.93. The van der Waals surface area contributed by atoms with Crippen LogP contribution in [0.5, 0.6) is 11.5 Å². The number of rotatable bonds is 4. The molecule has 110 valence electrons. The van der Waals surface area contributed by atoms with Gasteiger partial charge in [0.15, 0.2) is 0 Å². The molecule has 2 aromatic carbocycles. The standard InChI is InChI=1S/C17H16BrClO2/c1-11-5-6-16-13(7-11)8-14(21-16)10-20-17-12(9-18)3-2-4-15(17)19/h2-7,14H,8-10H2,1H3. The zero-order valence-corrected chi connectivity index (χ0v) is 14.1. The van der Waals surface area contributed by atoms with Gasteiger partial charge >= 0.3 is 0 Å². The monoisotopic (exact) mass is 366 g/mol. The molecular weight excluding hydrogens is 352 g/mol. The molecule has 1 atom stereocenters. The largest absolute Gasteiger partial charge is 0.488 e. The van der Waals surface area contributed by atoms with Gasteiger partial charge in [-0.3, -0.25) is 0 Å². The van der Waals surface area contributed by atoms with Crippen molar-refractivity contribution in [3.63, 3.8) is 0 Å². The van der Waals surface area contributed by atoms with Crippen molar-refractivity contribution in [1.29, 1.82) is 0 Å². The molecule has 0 spiro atoms. The first-order valence-electron chi connectivity index (χ1n) is 6.89. The van der Waals surface area contributed by atoms with Crippen LogP contribution < -0.4 is 9.47 Å². The molecule has 0 bridgehead atoms. The Morgan fingerprint density at radius 2 is 2.19 bits per heavy atom. The second-order valence-electron chi connectivity index (χ2n) is 5.23. The Morgan fingerprint density at radius 1 is 1.33 bits per heavy atom. The van der Waals surface area contributed by atoms with Gasteiger partial charge in [0.2, 0.25) is 0 Å².